The smallest absolute Gasteiger partial charge is 0.154 e. The lowest BCUT2D eigenvalue weighted by Gasteiger charge is -2.09. The van der Waals surface area contributed by atoms with Crippen LogP contribution in [-0.4, -0.2) is 25.3 Å². The molecule has 1 heterocycles. The molecule has 0 saturated carbocycles. The van der Waals surface area contributed by atoms with Crippen molar-refractivity contribution in [1.29, 1.82) is 0 Å². The van der Waals surface area contributed by atoms with Gasteiger partial charge in [0.1, 0.15) is 23.0 Å². The molecule has 5 rings (SSSR count). The van der Waals surface area contributed by atoms with Gasteiger partial charge in [-0.1, -0.05) is 36.4 Å². The molecule has 1 aliphatic heterocycles. The van der Waals surface area contributed by atoms with E-state index in [0.29, 0.717) is 29.4 Å². The summed E-state index contributed by atoms with van der Waals surface area (Å²) < 4.78 is 25.0. The molecule has 6 heteroatoms. The van der Waals surface area contributed by atoms with Gasteiger partial charge in [-0.2, -0.15) is 5.10 Å². The Balaban J connectivity index is 1.49. The van der Waals surface area contributed by atoms with Crippen LogP contribution in [0.2, 0.25) is 0 Å². The Hall–Kier alpha value is -4.45. The van der Waals surface area contributed by atoms with Gasteiger partial charge in [-0.05, 0) is 72.6 Å². The Morgan fingerprint density at radius 3 is 2.00 bits per heavy atom. The number of amidine groups is 1. The number of hydrogen-bond donors (Lipinski definition) is 1. The maximum atomic E-state index is 14.3. The van der Waals surface area contributed by atoms with Crippen molar-refractivity contribution in [3.8, 4) is 22.6 Å². The fourth-order valence-corrected chi connectivity index (χ4v) is 3.94. The highest BCUT2D eigenvalue weighted by Crippen LogP contribution is 2.29. The first kappa shape index (κ1) is 22.3. The Morgan fingerprint density at radius 2 is 1.34 bits per heavy atom. The first-order valence-electron chi connectivity index (χ1n) is 11.3. The summed E-state index contributed by atoms with van der Waals surface area (Å²) in [5.41, 5.74) is 8.80. The summed E-state index contributed by atoms with van der Waals surface area (Å²) in [6, 6.07) is 28.1. The van der Waals surface area contributed by atoms with Gasteiger partial charge in [0.05, 0.1) is 19.4 Å². The van der Waals surface area contributed by atoms with Crippen LogP contribution in [0.4, 0.5) is 10.1 Å². The Morgan fingerprint density at radius 1 is 0.743 bits per heavy atom. The van der Waals surface area contributed by atoms with Crippen LogP contribution >= 0.6 is 0 Å². The van der Waals surface area contributed by atoms with Crippen LogP contribution in [0.25, 0.3) is 11.1 Å². The molecule has 0 atom stereocenters. The molecule has 1 N–H and O–H groups in total. The Labute approximate surface area is 203 Å². The summed E-state index contributed by atoms with van der Waals surface area (Å²) in [6.07, 6.45) is 0. The topological polar surface area (TPSA) is 55.2 Å². The molecule has 35 heavy (non-hydrogen) atoms. The largest absolute Gasteiger partial charge is 0.497 e. The third-order valence-electron chi connectivity index (χ3n) is 5.74. The molecular weight excluding hydrogens is 441 g/mol. The zero-order chi connectivity index (χ0) is 24.2. The van der Waals surface area contributed by atoms with E-state index in [2.05, 4.69) is 10.5 Å². The lowest BCUT2D eigenvalue weighted by molar-refractivity contribution is 0.340. The second kappa shape index (κ2) is 9.81. The SMILES string of the molecule is CCOc1ccc(C2=Nc3ccc(F)cc3C(c3ccc(-c4ccc(OC)cc4)cc3)=NN2)cc1. The Kier molecular flexibility index (Phi) is 6.26. The van der Waals surface area contributed by atoms with E-state index in [1.54, 1.807) is 13.2 Å². The van der Waals surface area contributed by atoms with Crippen LogP contribution < -0.4 is 14.9 Å². The van der Waals surface area contributed by atoms with Gasteiger partial charge in [0, 0.05) is 16.7 Å². The number of benzene rings is 4. The van der Waals surface area contributed by atoms with E-state index in [1.807, 2.05) is 79.7 Å². The van der Waals surface area contributed by atoms with Crippen molar-refractivity contribution in [2.24, 2.45) is 10.1 Å². The van der Waals surface area contributed by atoms with E-state index >= 15 is 0 Å². The minimum atomic E-state index is -0.342. The summed E-state index contributed by atoms with van der Waals surface area (Å²) in [5, 5.41) is 4.64. The van der Waals surface area contributed by atoms with Gasteiger partial charge >= 0.3 is 0 Å². The number of hydrogen-bond acceptors (Lipinski definition) is 5. The number of ether oxygens (including phenoxy) is 2. The first-order valence-corrected chi connectivity index (χ1v) is 11.3. The van der Waals surface area contributed by atoms with Crippen molar-refractivity contribution in [2.75, 3.05) is 13.7 Å². The van der Waals surface area contributed by atoms with E-state index < -0.39 is 0 Å². The summed E-state index contributed by atoms with van der Waals surface area (Å²) in [5.74, 6) is 1.83. The lowest BCUT2D eigenvalue weighted by Crippen LogP contribution is -2.19. The van der Waals surface area contributed by atoms with Gasteiger partial charge in [-0.15, -0.1) is 0 Å². The third kappa shape index (κ3) is 4.77. The molecule has 0 saturated heterocycles. The van der Waals surface area contributed by atoms with Crippen molar-refractivity contribution in [1.82, 2.24) is 5.43 Å². The maximum Gasteiger partial charge on any atom is 0.154 e. The van der Waals surface area contributed by atoms with E-state index in [-0.39, 0.29) is 5.82 Å². The number of nitrogens with zero attached hydrogens (tertiary/aromatic N) is 2. The highest BCUT2D eigenvalue weighted by molar-refractivity contribution is 6.18. The summed E-state index contributed by atoms with van der Waals surface area (Å²) >= 11 is 0. The number of nitrogens with one attached hydrogen (secondary N) is 1. The van der Waals surface area contributed by atoms with Gasteiger partial charge in [0.15, 0.2) is 5.84 Å². The van der Waals surface area contributed by atoms with Crippen molar-refractivity contribution < 1.29 is 13.9 Å². The maximum absolute atomic E-state index is 14.3. The van der Waals surface area contributed by atoms with E-state index in [4.69, 9.17) is 14.5 Å². The van der Waals surface area contributed by atoms with Crippen molar-refractivity contribution in [2.45, 2.75) is 6.92 Å². The molecule has 5 nitrogen and oxygen atoms in total. The molecule has 0 radical (unpaired) electrons. The molecule has 0 aliphatic carbocycles. The van der Waals surface area contributed by atoms with Gasteiger partial charge in [0.25, 0.3) is 0 Å². The van der Waals surface area contributed by atoms with Gasteiger partial charge in [0.2, 0.25) is 0 Å². The molecule has 0 unspecified atom stereocenters. The predicted octanol–water partition coefficient (Wildman–Crippen LogP) is 6.33. The highest BCUT2D eigenvalue weighted by atomic mass is 19.1. The molecule has 0 fully saturated rings. The molecule has 174 valence electrons. The average Bonchev–Trinajstić information content (AvgIpc) is 3.09. The minimum absolute atomic E-state index is 0.342. The molecule has 0 spiro atoms. The normalized spacial score (nSPS) is 12.5. The van der Waals surface area contributed by atoms with Crippen LogP contribution in [0.3, 0.4) is 0 Å². The second-order valence-electron chi connectivity index (χ2n) is 7.96. The molecule has 0 aromatic heterocycles. The molecule has 0 bridgehead atoms. The van der Waals surface area contributed by atoms with Crippen LogP contribution in [0, 0.1) is 5.82 Å². The summed E-state index contributed by atoms with van der Waals surface area (Å²) in [7, 11) is 1.65. The number of hydrazone groups is 1. The molecule has 4 aromatic carbocycles. The van der Waals surface area contributed by atoms with Crippen LogP contribution in [0.1, 0.15) is 23.6 Å². The minimum Gasteiger partial charge on any atom is -0.497 e. The van der Waals surface area contributed by atoms with Crippen molar-refractivity contribution in [3.05, 3.63) is 114 Å². The number of rotatable bonds is 6. The average molecular weight is 466 g/mol. The molecular formula is C29H24FN3O2. The number of methoxy groups -OCH3 is 1. The lowest BCUT2D eigenvalue weighted by atomic mass is 9.97. The fraction of sp³-hybridized carbons (Fsp3) is 0.103. The summed E-state index contributed by atoms with van der Waals surface area (Å²) in [6.45, 7) is 2.54. The van der Waals surface area contributed by atoms with Crippen molar-refractivity contribution in [3.63, 3.8) is 0 Å². The standard InChI is InChI=1S/C29H24FN3O2/c1-3-35-25-15-10-22(11-16-25)29-31-27-17-12-23(30)18-26(27)28(32-33-29)21-6-4-19(5-7-21)20-8-13-24(34-2)14-9-20/h4-18H,3H2,1-2H3,(H,31,33). The monoisotopic (exact) mass is 465 g/mol. The van der Waals surface area contributed by atoms with E-state index in [9.17, 15) is 4.39 Å². The number of fused-ring (bicyclic) bond motifs is 1. The second-order valence-corrected chi connectivity index (χ2v) is 7.96. The number of aliphatic imine (C=N–C) groups is 1. The quantitative estimate of drug-likeness (QED) is 0.362. The van der Waals surface area contributed by atoms with Crippen LogP contribution in [0.5, 0.6) is 11.5 Å². The highest BCUT2D eigenvalue weighted by Gasteiger charge is 2.18. The van der Waals surface area contributed by atoms with E-state index in [0.717, 1.165) is 33.8 Å². The van der Waals surface area contributed by atoms with Crippen LogP contribution in [0.15, 0.2) is 101 Å². The zero-order valence-electron chi connectivity index (χ0n) is 19.5. The first-order chi connectivity index (χ1) is 17.1. The molecule has 0 amide bonds. The van der Waals surface area contributed by atoms with E-state index in [1.165, 1.54) is 12.1 Å². The number of halogens is 1. The van der Waals surface area contributed by atoms with Crippen molar-refractivity contribution >= 4 is 17.2 Å². The fourth-order valence-electron chi connectivity index (χ4n) is 3.94. The van der Waals surface area contributed by atoms with Gasteiger partial charge in [-0.3, -0.25) is 5.43 Å². The summed E-state index contributed by atoms with van der Waals surface area (Å²) in [4.78, 5) is 4.75. The third-order valence-corrected chi connectivity index (χ3v) is 5.74. The Bertz CT molecular complexity index is 1390. The molecule has 1 aliphatic rings. The van der Waals surface area contributed by atoms with Crippen LogP contribution in [-0.2, 0) is 0 Å². The zero-order valence-corrected chi connectivity index (χ0v) is 19.5. The molecule has 4 aromatic rings. The van der Waals surface area contributed by atoms with Gasteiger partial charge < -0.3 is 9.47 Å². The van der Waals surface area contributed by atoms with Gasteiger partial charge in [-0.25, -0.2) is 9.38 Å². The predicted molar refractivity (Wildman–Crippen MR) is 137 cm³/mol.